The molecule has 5 heteroatoms. The van der Waals surface area contributed by atoms with E-state index in [9.17, 15) is 9.59 Å². The average Bonchev–Trinajstić information content (AvgIpc) is 2.76. The number of rotatable bonds is 4. The first-order valence-electron chi connectivity index (χ1n) is 6.29. The predicted octanol–water partition coefficient (Wildman–Crippen LogP) is 2.11. The van der Waals surface area contributed by atoms with E-state index in [4.69, 9.17) is 5.73 Å². The molecular weight excluding hydrogens is 242 g/mol. The van der Waals surface area contributed by atoms with E-state index in [1.165, 1.54) is 0 Å². The third kappa shape index (κ3) is 2.45. The molecule has 100 valence electrons. The third-order valence-electron chi connectivity index (χ3n) is 3.07. The number of nitrogens with two attached hydrogens (primary N) is 1. The van der Waals surface area contributed by atoms with Crippen LogP contribution in [0.25, 0.3) is 10.9 Å². The van der Waals surface area contributed by atoms with Gasteiger partial charge in [0.2, 0.25) is 5.91 Å². The van der Waals surface area contributed by atoms with Crippen LogP contribution >= 0.6 is 0 Å². The van der Waals surface area contributed by atoms with Crippen molar-refractivity contribution < 1.29 is 9.59 Å². The van der Waals surface area contributed by atoms with Crippen LogP contribution in [0.3, 0.4) is 0 Å². The summed E-state index contributed by atoms with van der Waals surface area (Å²) < 4.78 is 1.86. The Labute approximate surface area is 111 Å². The molecule has 0 saturated heterocycles. The van der Waals surface area contributed by atoms with Gasteiger partial charge in [0.15, 0.2) is 0 Å². The molecule has 2 rings (SSSR count). The predicted molar refractivity (Wildman–Crippen MR) is 75.1 cm³/mol. The van der Waals surface area contributed by atoms with Gasteiger partial charge in [0.1, 0.15) is 5.69 Å². The van der Waals surface area contributed by atoms with Crippen molar-refractivity contribution in [1.82, 2.24) is 4.57 Å². The normalized spacial score (nSPS) is 10.6. The highest BCUT2D eigenvalue weighted by Gasteiger charge is 2.12. The summed E-state index contributed by atoms with van der Waals surface area (Å²) in [6, 6.07) is 7.31. The molecule has 0 aliphatic carbocycles. The van der Waals surface area contributed by atoms with Crippen molar-refractivity contribution in [3.8, 4) is 0 Å². The molecule has 0 bridgehead atoms. The number of carbonyl (C=O) groups is 2. The Kier molecular flexibility index (Phi) is 3.55. The maximum Gasteiger partial charge on any atom is 0.265 e. The molecule has 3 N–H and O–H groups in total. The lowest BCUT2D eigenvalue weighted by Gasteiger charge is -2.06. The summed E-state index contributed by atoms with van der Waals surface area (Å²) in [5, 5.41) is 3.69. The van der Waals surface area contributed by atoms with E-state index in [-0.39, 0.29) is 5.91 Å². The fourth-order valence-electron chi connectivity index (χ4n) is 2.14. The standard InChI is InChI=1S/C14H17N3O2/c1-3-13(18)16-10-5-6-11-9(7-10)8-12(14(15)19)17(11)4-2/h5-8H,3-4H2,1-2H3,(H2,15,19)(H,16,18). The molecule has 0 spiro atoms. The van der Waals surface area contributed by atoms with Gasteiger partial charge in [-0.1, -0.05) is 6.92 Å². The zero-order valence-electron chi connectivity index (χ0n) is 11.1. The number of primary amides is 1. The highest BCUT2D eigenvalue weighted by molar-refractivity contribution is 5.99. The first-order valence-corrected chi connectivity index (χ1v) is 6.29. The van der Waals surface area contributed by atoms with Crippen LogP contribution in [0.5, 0.6) is 0 Å². The molecule has 0 atom stereocenters. The number of hydrogen-bond donors (Lipinski definition) is 2. The number of anilines is 1. The van der Waals surface area contributed by atoms with E-state index in [1.54, 1.807) is 13.0 Å². The molecule has 1 aromatic heterocycles. The van der Waals surface area contributed by atoms with Crippen LogP contribution in [-0.4, -0.2) is 16.4 Å². The molecule has 5 nitrogen and oxygen atoms in total. The Bertz CT molecular complexity index is 643. The lowest BCUT2D eigenvalue weighted by Crippen LogP contribution is -2.16. The van der Waals surface area contributed by atoms with Gasteiger partial charge in [0, 0.05) is 29.6 Å². The number of fused-ring (bicyclic) bond motifs is 1. The van der Waals surface area contributed by atoms with Crippen molar-refractivity contribution in [3.05, 3.63) is 30.0 Å². The largest absolute Gasteiger partial charge is 0.364 e. The molecule has 0 fully saturated rings. The maximum atomic E-state index is 11.4. The number of amides is 2. The minimum Gasteiger partial charge on any atom is -0.364 e. The van der Waals surface area contributed by atoms with Crippen LogP contribution in [-0.2, 0) is 11.3 Å². The number of benzene rings is 1. The number of hydrogen-bond acceptors (Lipinski definition) is 2. The zero-order chi connectivity index (χ0) is 14.0. The molecule has 0 aliphatic rings. The Morgan fingerprint density at radius 2 is 2.00 bits per heavy atom. The third-order valence-corrected chi connectivity index (χ3v) is 3.07. The van der Waals surface area contributed by atoms with Crippen molar-refractivity contribution in [3.63, 3.8) is 0 Å². The molecule has 0 aliphatic heterocycles. The lowest BCUT2D eigenvalue weighted by molar-refractivity contribution is -0.115. The molecule has 0 saturated carbocycles. The number of aromatic nitrogens is 1. The van der Waals surface area contributed by atoms with Crippen LogP contribution in [0, 0.1) is 0 Å². The van der Waals surface area contributed by atoms with Crippen LogP contribution in [0.1, 0.15) is 30.8 Å². The molecular formula is C14H17N3O2. The zero-order valence-corrected chi connectivity index (χ0v) is 11.1. The van der Waals surface area contributed by atoms with Crippen molar-refractivity contribution in [2.24, 2.45) is 5.73 Å². The maximum absolute atomic E-state index is 11.4. The van der Waals surface area contributed by atoms with Crippen LogP contribution in [0.15, 0.2) is 24.3 Å². The summed E-state index contributed by atoms with van der Waals surface area (Å²) in [7, 11) is 0. The molecule has 2 aromatic rings. The average molecular weight is 259 g/mol. The summed E-state index contributed by atoms with van der Waals surface area (Å²) in [5.41, 5.74) is 7.51. The highest BCUT2D eigenvalue weighted by Crippen LogP contribution is 2.23. The van der Waals surface area contributed by atoms with Gasteiger partial charge in [0.05, 0.1) is 0 Å². The highest BCUT2D eigenvalue weighted by atomic mass is 16.2. The Hall–Kier alpha value is -2.30. The molecule has 0 unspecified atom stereocenters. The van der Waals surface area contributed by atoms with E-state index in [0.29, 0.717) is 18.7 Å². The Morgan fingerprint density at radius 3 is 2.58 bits per heavy atom. The SMILES string of the molecule is CCC(=O)Nc1ccc2c(c1)cc(C(N)=O)n2CC. The number of carbonyl (C=O) groups excluding carboxylic acids is 2. The second kappa shape index (κ2) is 5.14. The summed E-state index contributed by atoms with van der Waals surface area (Å²) in [4.78, 5) is 22.8. The van der Waals surface area contributed by atoms with Crippen molar-refractivity contribution >= 4 is 28.4 Å². The van der Waals surface area contributed by atoms with Gasteiger partial charge in [-0.15, -0.1) is 0 Å². The fourth-order valence-corrected chi connectivity index (χ4v) is 2.14. The smallest absolute Gasteiger partial charge is 0.265 e. The topological polar surface area (TPSA) is 77.1 Å². The van der Waals surface area contributed by atoms with Crippen LogP contribution in [0.2, 0.25) is 0 Å². The minimum absolute atomic E-state index is 0.0376. The first kappa shape index (κ1) is 13.1. The van der Waals surface area contributed by atoms with Gasteiger partial charge in [-0.2, -0.15) is 0 Å². The fraction of sp³-hybridized carbons (Fsp3) is 0.286. The molecule has 1 aromatic carbocycles. The number of nitrogens with one attached hydrogen (secondary N) is 1. The second-order valence-electron chi connectivity index (χ2n) is 4.31. The van der Waals surface area contributed by atoms with Crippen molar-refractivity contribution in [1.29, 1.82) is 0 Å². The first-order chi connectivity index (χ1) is 9.06. The van der Waals surface area contributed by atoms with Gasteiger partial charge in [-0.25, -0.2) is 0 Å². The molecule has 2 amide bonds. The summed E-state index contributed by atoms with van der Waals surface area (Å²) in [6.45, 7) is 4.42. The quantitative estimate of drug-likeness (QED) is 0.882. The van der Waals surface area contributed by atoms with Gasteiger partial charge in [0.25, 0.3) is 5.91 Å². The number of nitrogens with zero attached hydrogens (tertiary/aromatic N) is 1. The van der Waals surface area contributed by atoms with E-state index in [1.807, 2.05) is 29.7 Å². The van der Waals surface area contributed by atoms with Gasteiger partial charge < -0.3 is 15.6 Å². The summed E-state index contributed by atoms with van der Waals surface area (Å²) >= 11 is 0. The summed E-state index contributed by atoms with van der Waals surface area (Å²) in [6.07, 6.45) is 0.431. The monoisotopic (exact) mass is 259 g/mol. The number of aryl methyl sites for hydroxylation is 1. The molecule has 1 heterocycles. The molecule has 0 radical (unpaired) electrons. The lowest BCUT2D eigenvalue weighted by atomic mass is 10.2. The van der Waals surface area contributed by atoms with Gasteiger partial charge >= 0.3 is 0 Å². The van der Waals surface area contributed by atoms with Crippen molar-refractivity contribution in [2.45, 2.75) is 26.8 Å². The molecule has 19 heavy (non-hydrogen) atoms. The van der Waals surface area contributed by atoms with E-state index in [2.05, 4.69) is 5.32 Å². The van der Waals surface area contributed by atoms with Crippen molar-refractivity contribution in [2.75, 3.05) is 5.32 Å². The second-order valence-corrected chi connectivity index (χ2v) is 4.31. The minimum atomic E-state index is -0.447. The summed E-state index contributed by atoms with van der Waals surface area (Å²) in [5.74, 6) is -0.485. The van der Waals surface area contributed by atoms with Crippen LogP contribution in [0.4, 0.5) is 5.69 Å². The van der Waals surface area contributed by atoms with E-state index >= 15 is 0 Å². The van der Waals surface area contributed by atoms with Gasteiger partial charge in [-0.05, 0) is 31.2 Å². The van der Waals surface area contributed by atoms with Gasteiger partial charge in [-0.3, -0.25) is 9.59 Å². The Morgan fingerprint density at radius 1 is 1.26 bits per heavy atom. The van der Waals surface area contributed by atoms with E-state index < -0.39 is 5.91 Å². The van der Waals surface area contributed by atoms with E-state index in [0.717, 1.165) is 16.6 Å². The van der Waals surface area contributed by atoms with Crippen LogP contribution < -0.4 is 11.1 Å². The Balaban J connectivity index is 2.49.